The highest BCUT2D eigenvalue weighted by molar-refractivity contribution is 6.28. The fraction of sp³-hybridized carbons (Fsp3) is 0.429. The molecule has 2 aromatic rings. The van der Waals surface area contributed by atoms with Gasteiger partial charge in [-0.1, -0.05) is 6.07 Å². The van der Waals surface area contributed by atoms with Gasteiger partial charge in [-0.3, -0.25) is 19.7 Å². The van der Waals surface area contributed by atoms with Gasteiger partial charge in [0.2, 0.25) is 17.1 Å². The molecule has 2 aliphatic rings. The number of nitrogens with zero attached hydrogens (tertiary/aromatic N) is 3. The number of nitrogens with one attached hydrogen (secondary N) is 2. The largest absolute Gasteiger partial charge is 0.369 e. The van der Waals surface area contributed by atoms with Crippen molar-refractivity contribution in [3.8, 4) is 0 Å². The van der Waals surface area contributed by atoms with E-state index >= 15 is 0 Å². The summed E-state index contributed by atoms with van der Waals surface area (Å²) >= 11 is 5.78. The minimum atomic E-state index is -0.682. The number of hydrogen-bond acceptors (Lipinski definition) is 7. The summed E-state index contributed by atoms with van der Waals surface area (Å²) < 4.78 is 14.2. The first-order valence-electron chi connectivity index (χ1n) is 10.5. The first-order valence-corrected chi connectivity index (χ1v) is 10.9. The number of nitro benzene ring substituents is 1. The van der Waals surface area contributed by atoms with E-state index in [9.17, 15) is 24.1 Å². The van der Waals surface area contributed by atoms with E-state index in [4.69, 9.17) is 17.3 Å². The Morgan fingerprint density at radius 2 is 2.12 bits per heavy atom. The van der Waals surface area contributed by atoms with Crippen molar-refractivity contribution in [3.05, 3.63) is 51.7 Å². The van der Waals surface area contributed by atoms with Gasteiger partial charge in [0.15, 0.2) is 11.6 Å². The van der Waals surface area contributed by atoms with Crippen molar-refractivity contribution >= 4 is 40.6 Å². The van der Waals surface area contributed by atoms with Gasteiger partial charge in [-0.25, -0.2) is 9.37 Å². The van der Waals surface area contributed by atoms with Crippen molar-refractivity contribution in [1.82, 2.24) is 9.97 Å². The predicted octanol–water partition coefficient (Wildman–Crippen LogP) is 3.13. The summed E-state index contributed by atoms with van der Waals surface area (Å²) in [5.41, 5.74) is 5.89. The summed E-state index contributed by atoms with van der Waals surface area (Å²) in [6, 6.07) is 5.31. The van der Waals surface area contributed by atoms with Crippen molar-refractivity contribution in [2.75, 3.05) is 10.6 Å². The van der Waals surface area contributed by atoms with Crippen LogP contribution >= 0.6 is 11.6 Å². The monoisotopic (exact) mass is 476 g/mol. The van der Waals surface area contributed by atoms with Crippen molar-refractivity contribution in [3.63, 3.8) is 0 Å². The number of rotatable bonds is 8. The molecule has 2 saturated carbocycles. The molecule has 12 heteroatoms. The molecule has 5 atom stereocenters. The van der Waals surface area contributed by atoms with Crippen LogP contribution in [0.25, 0.3) is 0 Å². The third-order valence-corrected chi connectivity index (χ3v) is 6.75. The minimum Gasteiger partial charge on any atom is -0.369 e. The first kappa shape index (κ1) is 22.8. The van der Waals surface area contributed by atoms with Gasteiger partial charge in [-0.15, -0.1) is 0 Å². The Morgan fingerprint density at radius 1 is 1.33 bits per heavy atom. The lowest BCUT2D eigenvalue weighted by atomic mass is 9.76. The molecule has 0 spiro atoms. The number of non-ortho nitro benzene ring substituents is 1. The Bertz CT molecular complexity index is 1100. The number of aromatic nitrogens is 2. The molecule has 2 aliphatic carbocycles. The summed E-state index contributed by atoms with van der Waals surface area (Å²) in [7, 11) is 0. The lowest BCUT2D eigenvalue weighted by Gasteiger charge is -2.35. The molecule has 0 radical (unpaired) electrons. The summed E-state index contributed by atoms with van der Waals surface area (Å²) in [5.74, 6) is -1.79. The first-order chi connectivity index (χ1) is 15.7. The number of anilines is 2. The van der Waals surface area contributed by atoms with Gasteiger partial charge >= 0.3 is 0 Å². The Labute approximate surface area is 193 Å². The maximum absolute atomic E-state index is 14.2. The van der Waals surface area contributed by atoms with Crippen LogP contribution in [0.15, 0.2) is 30.5 Å². The number of carbonyl (C=O) groups excluding carboxylic acids is 2. The Hall–Kier alpha value is -3.34. The zero-order valence-corrected chi connectivity index (χ0v) is 18.2. The van der Waals surface area contributed by atoms with E-state index in [1.54, 1.807) is 6.07 Å². The zero-order valence-electron chi connectivity index (χ0n) is 17.4. The van der Waals surface area contributed by atoms with Crippen molar-refractivity contribution in [2.45, 2.75) is 31.7 Å². The number of nitrogens with two attached hydrogens (primary N) is 1. The molecule has 0 saturated heterocycles. The third-order valence-electron chi connectivity index (χ3n) is 6.57. The van der Waals surface area contributed by atoms with Crippen molar-refractivity contribution in [1.29, 1.82) is 0 Å². The van der Waals surface area contributed by atoms with Gasteiger partial charge in [-0.05, 0) is 54.7 Å². The van der Waals surface area contributed by atoms with Crippen LogP contribution < -0.4 is 16.4 Å². The van der Waals surface area contributed by atoms with Crippen molar-refractivity contribution in [2.24, 2.45) is 29.4 Å². The fourth-order valence-corrected chi connectivity index (χ4v) is 5.41. The summed E-state index contributed by atoms with van der Waals surface area (Å²) in [6.07, 6.45) is 3.20. The van der Waals surface area contributed by atoms with Gasteiger partial charge in [0.1, 0.15) is 0 Å². The van der Waals surface area contributed by atoms with E-state index in [2.05, 4.69) is 20.6 Å². The quantitative estimate of drug-likeness (QED) is 0.300. The second kappa shape index (κ2) is 9.26. The number of halogens is 2. The average Bonchev–Trinajstić information content (AvgIpc) is 3.33. The number of nitro groups is 1. The van der Waals surface area contributed by atoms with Crippen LogP contribution in [0.1, 0.15) is 25.7 Å². The van der Waals surface area contributed by atoms with Gasteiger partial charge in [0, 0.05) is 30.3 Å². The molecule has 174 valence electrons. The highest BCUT2D eigenvalue weighted by Crippen LogP contribution is 2.54. The molecule has 4 N–H and O–H groups in total. The number of primary amides is 1. The van der Waals surface area contributed by atoms with E-state index < -0.39 is 28.6 Å². The Balaban J connectivity index is 1.41. The second-order valence-electron chi connectivity index (χ2n) is 8.48. The molecule has 33 heavy (non-hydrogen) atoms. The minimum absolute atomic E-state index is 0.00579. The van der Waals surface area contributed by atoms with Gasteiger partial charge in [0.25, 0.3) is 5.69 Å². The van der Waals surface area contributed by atoms with Crippen LogP contribution in [-0.2, 0) is 9.59 Å². The normalized spacial score (nSPS) is 25.6. The molecule has 10 nitrogen and oxygen atoms in total. The van der Waals surface area contributed by atoms with Crippen molar-refractivity contribution < 1.29 is 18.9 Å². The molecule has 2 amide bonds. The number of amides is 2. The van der Waals surface area contributed by atoms with Crippen LogP contribution in [0.5, 0.6) is 0 Å². The number of hydrogen-bond donors (Lipinski definition) is 3. The topological polar surface area (TPSA) is 153 Å². The molecule has 2 fully saturated rings. The Kier molecular flexibility index (Phi) is 6.41. The number of benzene rings is 1. The Morgan fingerprint density at radius 3 is 2.85 bits per heavy atom. The van der Waals surface area contributed by atoms with E-state index in [-0.39, 0.29) is 46.9 Å². The molecule has 1 aromatic carbocycles. The standard InChI is InChI=1S/C21H22ClFN6O4/c22-21-25-9-15(23)20(28-21)27-18-14-7-11(17(18)19(24)31)6-10(14)4-5-16(30)26-12-2-1-3-13(8-12)29(32)33/h1-3,8-11,14,17-18H,4-7H2,(H2,24,31)(H,26,30)(H,25,27,28)/t10-,11-,14-,17+,18-/m1/s1. The molecular formula is C21H22ClFN6O4. The van der Waals surface area contributed by atoms with E-state index in [1.807, 2.05) is 0 Å². The third kappa shape index (κ3) is 4.87. The zero-order chi connectivity index (χ0) is 23.7. The van der Waals surface area contributed by atoms with Crippen LogP contribution in [0.2, 0.25) is 5.28 Å². The smallest absolute Gasteiger partial charge is 0.271 e. The van der Waals surface area contributed by atoms with E-state index in [0.717, 1.165) is 19.0 Å². The SMILES string of the molecule is NC(=O)[C@H]1[C@@H]2C[C@@H](CCC(=O)Nc3cccc([N+](=O)[O-])c3)[C@@H](C2)[C@H]1Nc1nc(Cl)ncc1F. The summed E-state index contributed by atoms with van der Waals surface area (Å²) in [6.45, 7) is 0. The molecule has 0 unspecified atom stereocenters. The lowest BCUT2D eigenvalue weighted by molar-refractivity contribution is -0.384. The fourth-order valence-electron chi connectivity index (χ4n) is 5.27. The van der Waals surface area contributed by atoms with Gasteiger partial charge in [-0.2, -0.15) is 4.98 Å². The lowest BCUT2D eigenvalue weighted by Crippen LogP contribution is -2.45. The molecule has 1 heterocycles. The van der Waals surface area contributed by atoms with E-state index in [0.29, 0.717) is 12.1 Å². The highest BCUT2D eigenvalue weighted by Gasteiger charge is 2.54. The predicted molar refractivity (Wildman–Crippen MR) is 118 cm³/mol. The molecule has 0 aliphatic heterocycles. The van der Waals surface area contributed by atoms with E-state index in [1.165, 1.54) is 18.2 Å². The maximum Gasteiger partial charge on any atom is 0.271 e. The van der Waals surface area contributed by atoms with Crippen LogP contribution in [0.4, 0.5) is 21.6 Å². The summed E-state index contributed by atoms with van der Waals surface area (Å²) in [5, 5.41) is 16.5. The second-order valence-corrected chi connectivity index (χ2v) is 8.82. The molecule has 4 rings (SSSR count). The highest BCUT2D eigenvalue weighted by atomic mass is 35.5. The molecular weight excluding hydrogens is 455 g/mol. The van der Waals surface area contributed by atoms with Crippen LogP contribution in [0.3, 0.4) is 0 Å². The van der Waals surface area contributed by atoms with Gasteiger partial charge < -0.3 is 16.4 Å². The average molecular weight is 477 g/mol. The number of fused-ring (bicyclic) bond motifs is 2. The molecule has 1 aromatic heterocycles. The van der Waals surface area contributed by atoms with Gasteiger partial charge in [0.05, 0.1) is 17.0 Å². The summed E-state index contributed by atoms with van der Waals surface area (Å²) in [4.78, 5) is 42.4. The molecule has 2 bridgehead atoms. The van der Waals surface area contributed by atoms with Crippen LogP contribution in [0, 0.1) is 39.6 Å². The number of carbonyl (C=O) groups is 2. The van der Waals surface area contributed by atoms with Crippen LogP contribution in [-0.4, -0.2) is 32.7 Å². The maximum atomic E-state index is 14.2.